The Morgan fingerprint density at radius 2 is 2.09 bits per heavy atom. The van der Waals surface area contributed by atoms with Crippen LogP contribution in [0.15, 0.2) is 18.2 Å². The van der Waals surface area contributed by atoms with E-state index in [4.69, 9.17) is 9.47 Å². The van der Waals surface area contributed by atoms with E-state index in [2.05, 4.69) is 10.6 Å². The molecule has 23 heavy (non-hydrogen) atoms. The number of rotatable bonds is 6. The molecule has 1 heterocycles. The van der Waals surface area contributed by atoms with Gasteiger partial charge in [-0.1, -0.05) is 6.92 Å². The largest absolute Gasteiger partial charge is 0.493 e. The first kappa shape index (κ1) is 17.4. The number of hydrogen-bond donors (Lipinski definition) is 2. The van der Waals surface area contributed by atoms with Crippen LogP contribution in [0.1, 0.15) is 6.92 Å². The van der Waals surface area contributed by atoms with Gasteiger partial charge in [0.2, 0.25) is 5.91 Å². The van der Waals surface area contributed by atoms with Crippen molar-refractivity contribution in [2.75, 3.05) is 32.1 Å². The summed E-state index contributed by atoms with van der Waals surface area (Å²) in [5.74, 6) is 0.0135. The number of ether oxygens (including phenoxy) is 2. The van der Waals surface area contributed by atoms with Crippen LogP contribution in [0.25, 0.3) is 0 Å². The average Bonchev–Trinajstić information content (AvgIpc) is 2.42. The zero-order valence-electron chi connectivity index (χ0n) is 12.9. The van der Waals surface area contributed by atoms with Crippen LogP contribution in [-0.2, 0) is 4.79 Å². The quantitative estimate of drug-likeness (QED) is 0.840. The number of hydrogen-bond acceptors (Lipinski definition) is 4. The Morgan fingerprint density at radius 3 is 2.61 bits per heavy atom. The van der Waals surface area contributed by atoms with Gasteiger partial charge in [-0.25, -0.2) is 0 Å². The molecule has 1 fully saturated rings. The maximum atomic E-state index is 12.3. The first-order chi connectivity index (χ1) is 10.8. The van der Waals surface area contributed by atoms with E-state index in [1.807, 2.05) is 6.92 Å². The van der Waals surface area contributed by atoms with Gasteiger partial charge in [0.1, 0.15) is 0 Å². The molecule has 1 amide bonds. The molecule has 1 aliphatic heterocycles. The number of carbonyl (C=O) groups is 1. The number of nitrogens with one attached hydrogen (secondary N) is 2. The first-order valence-corrected chi connectivity index (χ1v) is 7.19. The molecule has 128 valence electrons. The van der Waals surface area contributed by atoms with Crippen LogP contribution in [0.2, 0.25) is 0 Å². The van der Waals surface area contributed by atoms with Gasteiger partial charge in [0.15, 0.2) is 18.1 Å². The fraction of sp³-hybridized carbons (Fsp3) is 0.533. The summed E-state index contributed by atoms with van der Waals surface area (Å²) in [6, 6.07) is 4.34. The molecule has 0 bridgehead atoms. The number of methoxy groups -OCH3 is 1. The highest BCUT2D eigenvalue weighted by molar-refractivity contribution is 5.93. The molecule has 0 saturated carbocycles. The lowest BCUT2D eigenvalue weighted by molar-refractivity contribution is -0.153. The van der Waals surface area contributed by atoms with Gasteiger partial charge in [0.05, 0.1) is 7.11 Å². The zero-order chi connectivity index (χ0) is 17.0. The predicted molar refractivity (Wildman–Crippen MR) is 78.7 cm³/mol. The lowest BCUT2D eigenvalue weighted by Crippen LogP contribution is -2.48. The molecule has 0 aliphatic carbocycles. The van der Waals surface area contributed by atoms with Crippen molar-refractivity contribution >= 4 is 11.6 Å². The maximum Gasteiger partial charge on any atom is 0.422 e. The first-order valence-electron chi connectivity index (χ1n) is 7.19. The second-order valence-corrected chi connectivity index (χ2v) is 5.47. The molecule has 1 atom stereocenters. The molecule has 0 radical (unpaired) electrons. The van der Waals surface area contributed by atoms with Gasteiger partial charge < -0.3 is 20.1 Å². The van der Waals surface area contributed by atoms with Crippen LogP contribution in [0, 0.1) is 11.8 Å². The van der Waals surface area contributed by atoms with Crippen molar-refractivity contribution in [1.82, 2.24) is 5.32 Å². The maximum absolute atomic E-state index is 12.3. The number of carbonyl (C=O) groups excluding carboxylic acids is 1. The van der Waals surface area contributed by atoms with Crippen LogP contribution in [0.4, 0.5) is 18.9 Å². The number of anilines is 1. The predicted octanol–water partition coefficient (Wildman–Crippen LogP) is 2.43. The minimum absolute atomic E-state index is 0.0689. The molecular formula is C15H19F3N2O3. The highest BCUT2D eigenvalue weighted by Gasteiger charge is 2.30. The van der Waals surface area contributed by atoms with E-state index in [-0.39, 0.29) is 29.2 Å². The van der Waals surface area contributed by atoms with E-state index in [0.29, 0.717) is 5.69 Å². The molecule has 1 aromatic carbocycles. The molecule has 0 spiro atoms. The molecule has 1 saturated heterocycles. The molecule has 1 aliphatic rings. The van der Waals surface area contributed by atoms with Crippen molar-refractivity contribution in [3.8, 4) is 11.5 Å². The number of amides is 1. The van der Waals surface area contributed by atoms with Gasteiger partial charge in [-0.05, 0) is 31.1 Å². The Kier molecular flexibility index (Phi) is 5.35. The molecule has 5 nitrogen and oxygen atoms in total. The number of alkyl halides is 3. The Morgan fingerprint density at radius 1 is 1.39 bits per heavy atom. The van der Waals surface area contributed by atoms with Crippen molar-refractivity contribution in [3.05, 3.63) is 18.2 Å². The lowest BCUT2D eigenvalue weighted by Gasteiger charge is -2.31. The summed E-state index contributed by atoms with van der Waals surface area (Å²) in [5, 5.41) is 5.79. The molecular weight excluding hydrogens is 313 g/mol. The minimum atomic E-state index is -4.45. The van der Waals surface area contributed by atoms with Gasteiger partial charge in [-0.2, -0.15) is 13.2 Å². The fourth-order valence-electron chi connectivity index (χ4n) is 2.16. The Balaban J connectivity index is 2.05. The summed E-state index contributed by atoms with van der Waals surface area (Å²) < 4.78 is 46.6. The highest BCUT2D eigenvalue weighted by atomic mass is 19.4. The molecule has 2 rings (SSSR count). The Hall–Kier alpha value is -1.96. The van der Waals surface area contributed by atoms with Crippen molar-refractivity contribution in [1.29, 1.82) is 0 Å². The molecule has 1 aromatic rings. The van der Waals surface area contributed by atoms with Crippen LogP contribution in [-0.4, -0.2) is 38.9 Å². The van der Waals surface area contributed by atoms with Crippen LogP contribution >= 0.6 is 0 Å². The SMILES string of the molecule is COc1ccc(NC(=O)C(C)C2CNC2)cc1OCC(F)(F)F. The third-order valence-corrected chi connectivity index (χ3v) is 3.76. The lowest BCUT2D eigenvalue weighted by atomic mass is 9.88. The third-order valence-electron chi connectivity index (χ3n) is 3.76. The van der Waals surface area contributed by atoms with E-state index >= 15 is 0 Å². The normalized spacial score (nSPS) is 16.4. The summed E-state index contributed by atoms with van der Waals surface area (Å²) in [4.78, 5) is 12.1. The summed E-state index contributed by atoms with van der Waals surface area (Å²) in [5.41, 5.74) is 0.368. The summed E-state index contributed by atoms with van der Waals surface area (Å²) in [7, 11) is 1.33. The summed E-state index contributed by atoms with van der Waals surface area (Å²) in [6.07, 6.45) is -4.45. The van der Waals surface area contributed by atoms with Gasteiger partial charge in [0, 0.05) is 17.7 Å². The van der Waals surface area contributed by atoms with E-state index in [9.17, 15) is 18.0 Å². The minimum Gasteiger partial charge on any atom is -0.493 e. The van der Waals surface area contributed by atoms with Crippen LogP contribution < -0.4 is 20.1 Å². The standard InChI is InChI=1S/C15H19F3N2O3/c1-9(10-6-19-7-10)14(21)20-11-3-4-12(22-2)13(5-11)23-8-15(16,17)18/h3-5,9-10,19H,6-8H2,1-2H3,(H,20,21). The van der Waals surface area contributed by atoms with E-state index in [1.165, 1.54) is 19.2 Å². The summed E-state index contributed by atoms with van der Waals surface area (Å²) in [6.45, 7) is 1.98. The van der Waals surface area contributed by atoms with Gasteiger partial charge in [0.25, 0.3) is 0 Å². The van der Waals surface area contributed by atoms with Crippen LogP contribution in [0.3, 0.4) is 0 Å². The number of benzene rings is 1. The Labute approximate surface area is 132 Å². The molecule has 8 heteroatoms. The van der Waals surface area contributed by atoms with Crippen molar-refractivity contribution in [2.45, 2.75) is 13.1 Å². The van der Waals surface area contributed by atoms with E-state index in [0.717, 1.165) is 13.1 Å². The topological polar surface area (TPSA) is 59.6 Å². The van der Waals surface area contributed by atoms with Gasteiger partial charge in [-0.3, -0.25) is 4.79 Å². The van der Waals surface area contributed by atoms with Crippen molar-refractivity contribution < 1.29 is 27.4 Å². The van der Waals surface area contributed by atoms with Gasteiger partial charge >= 0.3 is 6.18 Å². The Bertz CT molecular complexity index is 559. The zero-order valence-corrected chi connectivity index (χ0v) is 12.9. The van der Waals surface area contributed by atoms with Gasteiger partial charge in [-0.15, -0.1) is 0 Å². The fourth-order valence-corrected chi connectivity index (χ4v) is 2.16. The van der Waals surface area contributed by atoms with E-state index in [1.54, 1.807) is 6.07 Å². The molecule has 2 N–H and O–H groups in total. The monoisotopic (exact) mass is 332 g/mol. The smallest absolute Gasteiger partial charge is 0.422 e. The second kappa shape index (κ2) is 7.08. The van der Waals surface area contributed by atoms with Crippen molar-refractivity contribution in [2.24, 2.45) is 11.8 Å². The molecule has 1 unspecified atom stereocenters. The van der Waals surface area contributed by atoms with E-state index < -0.39 is 12.8 Å². The molecule has 0 aromatic heterocycles. The third kappa shape index (κ3) is 4.75. The highest BCUT2D eigenvalue weighted by Crippen LogP contribution is 2.32. The average molecular weight is 332 g/mol. The van der Waals surface area contributed by atoms with Crippen molar-refractivity contribution in [3.63, 3.8) is 0 Å². The second-order valence-electron chi connectivity index (χ2n) is 5.47. The summed E-state index contributed by atoms with van der Waals surface area (Å²) >= 11 is 0. The van der Waals surface area contributed by atoms with Crippen LogP contribution in [0.5, 0.6) is 11.5 Å². The number of halogens is 3.